The maximum Gasteiger partial charge on any atom is 0.287 e. The lowest BCUT2D eigenvalue weighted by molar-refractivity contribution is -0.385. The Bertz CT molecular complexity index is 577. The fraction of sp³-hybridized carbons (Fsp3) is 0.500. The third-order valence-corrected chi connectivity index (χ3v) is 3.97. The van der Waals surface area contributed by atoms with Gasteiger partial charge in [0.1, 0.15) is 11.6 Å². The number of nitriles is 1. The zero-order chi connectivity index (χ0) is 14.1. The second kappa shape index (κ2) is 5.10. The van der Waals surface area contributed by atoms with E-state index >= 15 is 0 Å². The lowest BCUT2D eigenvalue weighted by Gasteiger charge is -2.16. The summed E-state index contributed by atoms with van der Waals surface area (Å²) in [7, 11) is 0. The number of nitro benzene ring substituents is 1. The number of hydrogen-bond donors (Lipinski definition) is 1. The van der Waals surface area contributed by atoms with Crippen molar-refractivity contribution in [3.05, 3.63) is 33.9 Å². The van der Waals surface area contributed by atoms with Crippen molar-refractivity contribution < 1.29 is 4.92 Å². The Morgan fingerprint density at radius 2 is 2.20 bits per heavy atom. The van der Waals surface area contributed by atoms with Gasteiger partial charge in [0.05, 0.1) is 4.92 Å². The van der Waals surface area contributed by atoms with E-state index in [-0.39, 0.29) is 11.3 Å². The maximum absolute atomic E-state index is 10.8. The summed E-state index contributed by atoms with van der Waals surface area (Å²) >= 11 is 0. The average Bonchev–Trinajstić information content (AvgIpc) is 3.19. The van der Waals surface area contributed by atoms with Crippen LogP contribution in [-0.4, -0.2) is 35.0 Å². The minimum atomic E-state index is -0.521. The summed E-state index contributed by atoms with van der Waals surface area (Å²) in [6.45, 7) is 2.13. The number of likely N-dealkylation sites (tertiary alicyclic amines) is 1. The molecule has 0 radical (unpaired) electrons. The highest BCUT2D eigenvalue weighted by molar-refractivity contribution is 5.59. The van der Waals surface area contributed by atoms with Gasteiger partial charge in [0, 0.05) is 36.9 Å². The Labute approximate surface area is 117 Å². The smallest absolute Gasteiger partial charge is 0.287 e. The Kier molecular flexibility index (Phi) is 3.28. The van der Waals surface area contributed by atoms with Crippen molar-refractivity contribution in [3.63, 3.8) is 0 Å². The number of nitrogens with zero attached hydrogens (tertiary/aromatic N) is 3. The number of anilines is 1. The molecule has 6 nitrogen and oxygen atoms in total. The normalized spacial score (nSPS) is 22.4. The lowest BCUT2D eigenvalue weighted by Crippen LogP contribution is -2.27. The van der Waals surface area contributed by atoms with Crippen LogP contribution in [0.5, 0.6) is 0 Å². The van der Waals surface area contributed by atoms with Crippen LogP contribution in [0, 0.1) is 21.4 Å². The molecule has 2 aliphatic rings. The Morgan fingerprint density at radius 1 is 1.40 bits per heavy atom. The van der Waals surface area contributed by atoms with E-state index in [0.717, 1.165) is 31.2 Å². The Hall–Kier alpha value is -2.13. The minimum Gasteiger partial charge on any atom is -0.381 e. The molecule has 6 heteroatoms. The molecule has 1 unspecified atom stereocenters. The summed E-state index contributed by atoms with van der Waals surface area (Å²) in [6, 6.07) is 7.67. The van der Waals surface area contributed by atoms with Crippen molar-refractivity contribution in [2.45, 2.75) is 31.3 Å². The van der Waals surface area contributed by atoms with Gasteiger partial charge in [-0.05, 0) is 31.4 Å². The van der Waals surface area contributed by atoms with Crippen LogP contribution in [0.2, 0.25) is 0 Å². The minimum absolute atomic E-state index is 0.108. The molecule has 0 amide bonds. The van der Waals surface area contributed by atoms with E-state index in [1.807, 2.05) is 6.07 Å². The third-order valence-electron chi connectivity index (χ3n) is 3.97. The SMILES string of the molecule is N#Cc1cc(NC2CCN(C3CC3)C2)ccc1[N+](=O)[O-]. The van der Waals surface area contributed by atoms with Gasteiger partial charge in [-0.2, -0.15) is 5.26 Å². The lowest BCUT2D eigenvalue weighted by atomic mass is 10.1. The fourth-order valence-electron chi connectivity index (χ4n) is 2.79. The van der Waals surface area contributed by atoms with Gasteiger partial charge in [0.15, 0.2) is 0 Å². The van der Waals surface area contributed by atoms with Crippen molar-refractivity contribution >= 4 is 11.4 Å². The highest BCUT2D eigenvalue weighted by atomic mass is 16.6. The van der Waals surface area contributed by atoms with Crippen LogP contribution >= 0.6 is 0 Å². The summed E-state index contributed by atoms with van der Waals surface area (Å²) < 4.78 is 0. The van der Waals surface area contributed by atoms with Crippen LogP contribution in [0.15, 0.2) is 18.2 Å². The third kappa shape index (κ3) is 2.58. The molecule has 1 saturated heterocycles. The van der Waals surface area contributed by atoms with Gasteiger partial charge in [-0.3, -0.25) is 15.0 Å². The molecule has 1 aromatic carbocycles. The molecule has 1 aliphatic heterocycles. The highest BCUT2D eigenvalue weighted by Crippen LogP contribution is 2.31. The van der Waals surface area contributed by atoms with Crippen molar-refractivity contribution in [2.75, 3.05) is 18.4 Å². The van der Waals surface area contributed by atoms with Gasteiger partial charge >= 0.3 is 0 Å². The zero-order valence-electron chi connectivity index (χ0n) is 11.1. The van der Waals surface area contributed by atoms with Crippen LogP contribution in [0.4, 0.5) is 11.4 Å². The van der Waals surface area contributed by atoms with Crippen molar-refractivity contribution in [1.82, 2.24) is 4.90 Å². The molecule has 2 fully saturated rings. The molecule has 20 heavy (non-hydrogen) atoms. The summed E-state index contributed by atoms with van der Waals surface area (Å²) in [4.78, 5) is 12.8. The van der Waals surface area contributed by atoms with Gasteiger partial charge in [0.25, 0.3) is 5.69 Å². The molecular formula is C14H16N4O2. The largest absolute Gasteiger partial charge is 0.381 e. The Balaban J connectivity index is 1.68. The monoisotopic (exact) mass is 272 g/mol. The van der Waals surface area contributed by atoms with Gasteiger partial charge in [-0.1, -0.05) is 0 Å². The van der Waals surface area contributed by atoms with E-state index in [9.17, 15) is 10.1 Å². The summed E-state index contributed by atoms with van der Waals surface area (Å²) in [5.74, 6) is 0. The van der Waals surface area contributed by atoms with Crippen molar-refractivity contribution in [1.29, 1.82) is 5.26 Å². The van der Waals surface area contributed by atoms with E-state index in [1.165, 1.54) is 18.9 Å². The quantitative estimate of drug-likeness (QED) is 0.670. The van der Waals surface area contributed by atoms with E-state index in [1.54, 1.807) is 12.1 Å². The first kappa shape index (κ1) is 12.9. The molecule has 1 saturated carbocycles. The molecule has 0 spiro atoms. The first-order valence-corrected chi connectivity index (χ1v) is 6.86. The van der Waals surface area contributed by atoms with E-state index < -0.39 is 4.92 Å². The molecular weight excluding hydrogens is 256 g/mol. The van der Waals surface area contributed by atoms with Crippen LogP contribution in [0.1, 0.15) is 24.8 Å². The van der Waals surface area contributed by atoms with Gasteiger partial charge in [-0.25, -0.2) is 0 Å². The van der Waals surface area contributed by atoms with Gasteiger partial charge in [0.2, 0.25) is 0 Å². The number of nitrogens with one attached hydrogen (secondary N) is 1. The summed E-state index contributed by atoms with van der Waals surface area (Å²) in [5.41, 5.74) is 0.760. The molecule has 1 aromatic rings. The van der Waals surface area contributed by atoms with Gasteiger partial charge in [-0.15, -0.1) is 0 Å². The molecule has 3 rings (SSSR count). The predicted molar refractivity (Wildman–Crippen MR) is 74.4 cm³/mol. The average molecular weight is 272 g/mol. The standard InChI is InChI=1S/C14H16N4O2/c15-8-10-7-11(1-4-14(10)18(19)20)16-12-5-6-17(9-12)13-2-3-13/h1,4,7,12-13,16H,2-3,5-6,9H2. The number of nitro groups is 1. The predicted octanol–water partition coefficient (Wildman–Crippen LogP) is 2.12. The van der Waals surface area contributed by atoms with Crippen molar-refractivity contribution in [3.8, 4) is 6.07 Å². The number of hydrogen-bond acceptors (Lipinski definition) is 5. The Morgan fingerprint density at radius 3 is 2.85 bits per heavy atom. The molecule has 1 aliphatic carbocycles. The van der Waals surface area contributed by atoms with Crippen LogP contribution in [0.3, 0.4) is 0 Å². The highest BCUT2D eigenvalue weighted by Gasteiger charge is 2.34. The van der Waals surface area contributed by atoms with Crippen LogP contribution < -0.4 is 5.32 Å². The summed E-state index contributed by atoms with van der Waals surface area (Å²) in [5, 5.41) is 23.2. The maximum atomic E-state index is 10.8. The first-order chi connectivity index (χ1) is 9.67. The molecule has 0 aromatic heterocycles. The molecule has 0 bridgehead atoms. The number of rotatable bonds is 4. The van der Waals surface area contributed by atoms with Crippen LogP contribution in [-0.2, 0) is 0 Å². The molecule has 1 atom stereocenters. The molecule has 104 valence electrons. The second-order valence-electron chi connectivity index (χ2n) is 5.46. The summed E-state index contributed by atoms with van der Waals surface area (Å²) in [6.07, 6.45) is 3.70. The van der Waals surface area contributed by atoms with E-state index in [0.29, 0.717) is 6.04 Å². The second-order valence-corrected chi connectivity index (χ2v) is 5.46. The van der Waals surface area contributed by atoms with Crippen molar-refractivity contribution in [2.24, 2.45) is 0 Å². The number of benzene rings is 1. The zero-order valence-corrected chi connectivity index (χ0v) is 11.1. The van der Waals surface area contributed by atoms with Crippen LogP contribution in [0.25, 0.3) is 0 Å². The molecule has 1 N–H and O–H groups in total. The topological polar surface area (TPSA) is 82.2 Å². The first-order valence-electron chi connectivity index (χ1n) is 6.86. The van der Waals surface area contributed by atoms with E-state index in [2.05, 4.69) is 10.2 Å². The van der Waals surface area contributed by atoms with E-state index in [4.69, 9.17) is 5.26 Å². The fourth-order valence-corrected chi connectivity index (χ4v) is 2.79. The molecule has 1 heterocycles. The van der Waals surface area contributed by atoms with Gasteiger partial charge < -0.3 is 5.32 Å².